The Balaban J connectivity index is 1.75. The average Bonchev–Trinajstić information content (AvgIpc) is 3.17. The first-order valence-corrected chi connectivity index (χ1v) is 10.6. The molecule has 1 aliphatic heterocycles. The van der Waals surface area contributed by atoms with Gasteiger partial charge in [-0.25, -0.2) is 8.42 Å². The van der Waals surface area contributed by atoms with Crippen LogP contribution in [0.15, 0.2) is 24.4 Å². The maximum Gasteiger partial charge on any atom is 0.274 e. The number of halogens is 1. The monoisotopic (exact) mass is 396 g/mol. The summed E-state index contributed by atoms with van der Waals surface area (Å²) in [5, 5.41) is 7.30. The minimum atomic E-state index is -2.93. The minimum Gasteiger partial charge on any atom is -0.331 e. The number of amides is 1. The largest absolute Gasteiger partial charge is 0.331 e. The van der Waals surface area contributed by atoms with Crippen LogP contribution >= 0.6 is 11.6 Å². The molecule has 2 aromatic rings. The van der Waals surface area contributed by atoms with Gasteiger partial charge in [-0.15, -0.1) is 0 Å². The molecular formula is C17H21ClN4O3S. The molecule has 26 heavy (non-hydrogen) atoms. The summed E-state index contributed by atoms with van der Waals surface area (Å²) in [7, 11) is -2.93. The minimum absolute atomic E-state index is 0.0791. The van der Waals surface area contributed by atoms with E-state index >= 15 is 0 Å². The summed E-state index contributed by atoms with van der Waals surface area (Å²) in [5.74, 6) is 0.282. The first-order chi connectivity index (χ1) is 12.3. The second-order valence-electron chi connectivity index (χ2n) is 6.65. The van der Waals surface area contributed by atoms with E-state index in [9.17, 15) is 13.2 Å². The molecule has 1 N–H and O–H groups in total. The van der Waals surface area contributed by atoms with E-state index in [1.807, 2.05) is 6.92 Å². The number of carbonyl (C=O) groups excluding carboxylic acids is 1. The lowest BCUT2D eigenvalue weighted by atomic mass is 10.0. The van der Waals surface area contributed by atoms with Crippen LogP contribution in [0.3, 0.4) is 0 Å². The number of pyridine rings is 1. The smallest absolute Gasteiger partial charge is 0.274 e. The topological polar surface area (TPSA) is 96.0 Å². The van der Waals surface area contributed by atoms with Crippen molar-refractivity contribution in [2.45, 2.75) is 26.3 Å². The van der Waals surface area contributed by atoms with Crippen LogP contribution in [0.1, 0.15) is 34.7 Å². The molecule has 0 aromatic carbocycles. The fraction of sp³-hybridized carbons (Fsp3) is 0.471. The van der Waals surface area contributed by atoms with Crippen LogP contribution in [0.5, 0.6) is 0 Å². The predicted octanol–water partition coefficient (Wildman–Crippen LogP) is 2.23. The molecular weight excluding hydrogens is 376 g/mol. The second-order valence-corrected chi connectivity index (χ2v) is 9.29. The van der Waals surface area contributed by atoms with E-state index in [4.69, 9.17) is 11.6 Å². The van der Waals surface area contributed by atoms with E-state index < -0.39 is 9.84 Å². The molecule has 1 unspecified atom stereocenters. The molecule has 9 heteroatoms. The summed E-state index contributed by atoms with van der Waals surface area (Å²) in [6.45, 7) is 2.51. The van der Waals surface area contributed by atoms with Crippen LogP contribution in [0.4, 0.5) is 0 Å². The Morgan fingerprint density at radius 1 is 1.46 bits per heavy atom. The number of hydrogen-bond acceptors (Lipinski definition) is 5. The highest BCUT2D eigenvalue weighted by molar-refractivity contribution is 7.91. The summed E-state index contributed by atoms with van der Waals surface area (Å²) in [6.07, 6.45) is 2.90. The number of aromatic nitrogens is 3. The Morgan fingerprint density at radius 3 is 2.88 bits per heavy atom. The molecule has 0 saturated carbocycles. The molecule has 1 saturated heterocycles. The van der Waals surface area contributed by atoms with E-state index in [1.54, 1.807) is 29.3 Å². The number of H-pyrrole nitrogens is 1. The van der Waals surface area contributed by atoms with Gasteiger partial charge in [0.15, 0.2) is 9.84 Å². The zero-order chi connectivity index (χ0) is 18.7. The molecule has 0 radical (unpaired) electrons. The van der Waals surface area contributed by atoms with Crippen molar-refractivity contribution in [1.29, 1.82) is 0 Å². The second kappa shape index (κ2) is 7.75. The molecule has 1 fully saturated rings. The molecule has 3 heterocycles. The Morgan fingerprint density at radius 2 is 2.27 bits per heavy atom. The van der Waals surface area contributed by atoms with E-state index in [1.165, 1.54) is 0 Å². The van der Waals surface area contributed by atoms with Gasteiger partial charge in [0.1, 0.15) is 5.69 Å². The van der Waals surface area contributed by atoms with Gasteiger partial charge in [0.25, 0.3) is 5.91 Å². The number of nitrogens with one attached hydrogen (secondary N) is 1. The molecule has 0 aliphatic carbocycles. The molecule has 1 atom stereocenters. The zero-order valence-corrected chi connectivity index (χ0v) is 16.1. The van der Waals surface area contributed by atoms with Gasteiger partial charge in [-0.2, -0.15) is 5.10 Å². The van der Waals surface area contributed by atoms with Gasteiger partial charge in [-0.3, -0.25) is 14.9 Å². The maximum absolute atomic E-state index is 12.9. The van der Waals surface area contributed by atoms with E-state index in [0.717, 1.165) is 5.69 Å². The molecule has 3 rings (SSSR count). The SMILES string of the molecule is Cc1cc(C(=O)N(CCC2CCS(=O)(=O)C2)Cc2ncccc2Cl)n[nH]1. The van der Waals surface area contributed by atoms with E-state index in [0.29, 0.717) is 35.8 Å². The summed E-state index contributed by atoms with van der Waals surface area (Å²) in [5.41, 5.74) is 1.73. The molecule has 140 valence electrons. The predicted molar refractivity (Wildman–Crippen MR) is 98.7 cm³/mol. The number of nitrogens with zero attached hydrogens (tertiary/aromatic N) is 3. The number of carbonyl (C=O) groups is 1. The standard InChI is InChI=1S/C17H21ClN4O3S/c1-12-9-15(21-20-12)17(23)22(10-16-14(18)3-2-6-19-16)7-4-13-5-8-26(24,25)11-13/h2-3,6,9,13H,4-5,7-8,10-11H2,1H3,(H,20,21). The fourth-order valence-electron chi connectivity index (χ4n) is 3.10. The van der Waals surface area contributed by atoms with Gasteiger partial charge in [0, 0.05) is 18.4 Å². The molecule has 1 aliphatic rings. The third-order valence-corrected chi connectivity index (χ3v) is 6.70. The van der Waals surface area contributed by atoms with Crippen molar-refractivity contribution < 1.29 is 13.2 Å². The fourth-order valence-corrected chi connectivity index (χ4v) is 5.19. The van der Waals surface area contributed by atoms with Gasteiger partial charge in [-0.05, 0) is 43.9 Å². The highest BCUT2D eigenvalue weighted by Gasteiger charge is 2.29. The lowest BCUT2D eigenvalue weighted by Crippen LogP contribution is -2.33. The summed E-state index contributed by atoms with van der Waals surface area (Å²) in [4.78, 5) is 18.7. The third-order valence-electron chi connectivity index (χ3n) is 4.52. The van der Waals surface area contributed by atoms with Crippen molar-refractivity contribution in [3.63, 3.8) is 0 Å². The van der Waals surface area contributed by atoms with Crippen LogP contribution < -0.4 is 0 Å². The van der Waals surface area contributed by atoms with Crippen molar-refractivity contribution in [2.75, 3.05) is 18.1 Å². The normalized spacial score (nSPS) is 18.8. The Hall–Kier alpha value is -1.93. The molecule has 2 aromatic heterocycles. The maximum atomic E-state index is 12.9. The van der Waals surface area contributed by atoms with Crippen LogP contribution in [0.25, 0.3) is 0 Å². The van der Waals surface area contributed by atoms with Gasteiger partial charge in [0.05, 0.1) is 28.8 Å². The summed E-state index contributed by atoms with van der Waals surface area (Å²) >= 11 is 6.19. The number of aromatic amines is 1. The molecule has 1 amide bonds. The number of aryl methyl sites for hydroxylation is 1. The Labute approximate surface area is 157 Å². The average molecular weight is 397 g/mol. The highest BCUT2D eigenvalue weighted by atomic mass is 35.5. The van der Waals surface area contributed by atoms with Gasteiger partial charge in [0.2, 0.25) is 0 Å². The van der Waals surface area contributed by atoms with Crippen molar-refractivity contribution in [2.24, 2.45) is 5.92 Å². The zero-order valence-electron chi connectivity index (χ0n) is 14.5. The van der Waals surface area contributed by atoms with Crippen molar-refractivity contribution in [3.05, 3.63) is 46.5 Å². The van der Waals surface area contributed by atoms with Crippen LogP contribution in [-0.4, -0.2) is 52.5 Å². The van der Waals surface area contributed by atoms with Crippen molar-refractivity contribution >= 4 is 27.3 Å². The number of sulfone groups is 1. The van der Waals surface area contributed by atoms with Crippen molar-refractivity contribution in [1.82, 2.24) is 20.1 Å². The quantitative estimate of drug-likeness (QED) is 0.807. The van der Waals surface area contributed by atoms with Crippen LogP contribution in [0.2, 0.25) is 5.02 Å². The van der Waals surface area contributed by atoms with Crippen LogP contribution in [-0.2, 0) is 16.4 Å². The summed E-state index contributed by atoms with van der Waals surface area (Å²) < 4.78 is 23.3. The van der Waals surface area contributed by atoms with Crippen LogP contribution in [0, 0.1) is 12.8 Å². The van der Waals surface area contributed by atoms with E-state index in [2.05, 4.69) is 15.2 Å². The number of hydrogen-bond donors (Lipinski definition) is 1. The van der Waals surface area contributed by atoms with Gasteiger partial charge >= 0.3 is 0 Å². The molecule has 0 bridgehead atoms. The first-order valence-electron chi connectivity index (χ1n) is 8.45. The van der Waals surface area contributed by atoms with Gasteiger partial charge in [-0.1, -0.05) is 11.6 Å². The lowest BCUT2D eigenvalue weighted by Gasteiger charge is -2.23. The molecule has 7 nitrogen and oxygen atoms in total. The lowest BCUT2D eigenvalue weighted by molar-refractivity contribution is 0.0726. The van der Waals surface area contributed by atoms with Crippen molar-refractivity contribution in [3.8, 4) is 0 Å². The molecule has 0 spiro atoms. The third kappa shape index (κ3) is 4.62. The Kier molecular flexibility index (Phi) is 5.62. The Bertz CT molecular complexity index is 897. The first kappa shape index (κ1) is 18.8. The summed E-state index contributed by atoms with van der Waals surface area (Å²) in [6, 6.07) is 5.16. The van der Waals surface area contributed by atoms with E-state index in [-0.39, 0.29) is 29.9 Å². The highest BCUT2D eigenvalue weighted by Crippen LogP contribution is 2.23. The van der Waals surface area contributed by atoms with Gasteiger partial charge < -0.3 is 4.90 Å². The number of rotatable bonds is 6.